The highest BCUT2D eigenvalue weighted by Crippen LogP contribution is 2.31. The number of hydrogen-bond donors (Lipinski definition) is 2. The fraction of sp³-hybridized carbons (Fsp3) is 0.0690. The van der Waals surface area contributed by atoms with E-state index in [0.29, 0.717) is 28.1 Å². The van der Waals surface area contributed by atoms with Crippen LogP contribution in [0.25, 0.3) is 33.2 Å². The highest BCUT2D eigenvalue weighted by Gasteiger charge is 2.27. The summed E-state index contributed by atoms with van der Waals surface area (Å²) in [5.74, 6) is -4.47. The van der Waals surface area contributed by atoms with Crippen molar-refractivity contribution in [3.05, 3.63) is 102 Å². The summed E-state index contributed by atoms with van der Waals surface area (Å²) in [4.78, 5) is 24.7. The van der Waals surface area contributed by atoms with E-state index in [-0.39, 0.29) is 5.56 Å². The molecule has 3 heterocycles. The summed E-state index contributed by atoms with van der Waals surface area (Å²) in [6, 6.07) is 13.3. The van der Waals surface area contributed by atoms with Crippen LogP contribution in [0.1, 0.15) is 15.9 Å². The van der Waals surface area contributed by atoms with Gasteiger partial charge in [0.25, 0.3) is 16.0 Å². The Morgan fingerprint density at radius 3 is 2.60 bits per heavy atom. The van der Waals surface area contributed by atoms with E-state index in [1.165, 1.54) is 19.4 Å². The minimum atomic E-state index is -4.45. The molecule has 0 amide bonds. The maximum atomic E-state index is 15.6. The van der Waals surface area contributed by atoms with Gasteiger partial charge in [0.05, 0.1) is 34.3 Å². The Morgan fingerprint density at radius 2 is 1.83 bits per heavy atom. The fourth-order valence-corrected chi connectivity index (χ4v) is 5.79. The van der Waals surface area contributed by atoms with Crippen molar-refractivity contribution >= 4 is 43.6 Å². The largest absolute Gasteiger partial charge is 0.468 e. The van der Waals surface area contributed by atoms with E-state index >= 15 is 4.39 Å². The van der Waals surface area contributed by atoms with Gasteiger partial charge < -0.3 is 9.72 Å². The zero-order valence-electron chi connectivity index (χ0n) is 21.9. The van der Waals surface area contributed by atoms with Crippen LogP contribution in [0.3, 0.4) is 0 Å². The lowest BCUT2D eigenvalue weighted by molar-refractivity contribution is 0.103. The van der Waals surface area contributed by atoms with Crippen molar-refractivity contribution in [1.82, 2.24) is 19.5 Å². The van der Waals surface area contributed by atoms with Crippen LogP contribution in [-0.4, -0.2) is 40.8 Å². The number of benzene rings is 3. The zero-order chi connectivity index (χ0) is 29.8. The van der Waals surface area contributed by atoms with Gasteiger partial charge in [-0.05, 0) is 54.1 Å². The predicted molar refractivity (Wildman–Crippen MR) is 149 cm³/mol. The molecule has 3 aromatic heterocycles. The Labute approximate surface area is 236 Å². The Hall–Kier alpha value is -5.17. The number of rotatable bonds is 7. The molecule has 6 aromatic rings. The molecule has 3 aromatic carbocycles. The first-order valence-electron chi connectivity index (χ1n) is 12.4. The van der Waals surface area contributed by atoms with Crippen LogP contribution in [0.2, 0.25) is 0 Å². The Bertz CT molecular complexity index is 2160. The number of H-pyrrole nitrogens is 1. The second-order valence-electron chi connectivity index (χ2n) is 9.36. The number of halogens is 3. The van der Waals surface area contributed by atoms with E-state index in [9.17, 15) is 22.0 Å². The number of sulfonamides is 1. The third-order valence-electron chi connectivity index (χ3n) is 6.80. The van der Waals surface area contributed by atoms with E-state index in [1.54, 1.807) is 16.8 Å². The number of carbonyl (C=O) groups is 1. The van der Waals surface area contributed by atoms with Crippen LogP contribution in [0.15, 0.2) is 78.0 Å². The number of aromatic amines is 1. The average molecular weight is 592 g/mol. The highest BCUT2D eigenvalue weighted by molar-refractivity contribution is 7.92. The summed E-state index contributed by atoms with van der Waals surface area (Å²) in [6.07, 6.45) is 2.86. The maximum absolute atomic E-state index is 15.6. The first-order chi connectivity index (χ1) is 20.1. The Morgan fingerprint density at radius 1 is 1.02 bits per heavy atom. The number of aromatic nitrogens is 4. The van der Waals surface area contributed by atoms with Crippen LogP contribution in [0.5, 0.6) is 6.01 Å². The van der Waals surface area contributed by atoms with E-state index in [2.05, 4.69) is 15.0 Å². The van der Waals surface area contributed by atoms with E-state index in [0.717, 1.165) is 41.4 Å². The molecule has 0 spiro atoms. The minimum Gasteiger partial charge on any atom is -0.468 e. The molecule has 13 heteroatoms. The van der Waals surface area contributed by atoms with Crippen LogP contribution in [-0.2, 0) is 17.1 Å². The Balaban J connectivity index is 1.39. The van der Waals surface area contributed by atoms with Crippen LogP contribution < -0.4 is 9.46 Å². The molecular formula is C29H20F3N5O4S. The van der Waals surface area contributed by atoms with Crippen LogP contribution >= 0.6 is 0 Å². The van der Waals surface area contributed by atoms with Crippen molar-refractivity contribution in [3.63, 3.8) is 0 Å². The SMILES string of the molecule is COc1nc2cc(-c3cnc4[nH]cc(C(=O)c5c(F)ccc(NS(=O)(=O)c6cccc(F)c6)c5F)c4c3)ccc2n1C. The van der Waals surface area contributed by atoms with Crippen molar-refractivity contribution < 1.29 is 31.1 Å². The van der Waals surface area contributed by atoms with Gasteiger partial charge in [0.15, 0.2) is 5.82 Å². The normalized spacial score (nSPS) is 11.7. The molecule has 0 aliphatic rings. The van der Waals surface area contributed by atoms with Gasteiger partial charge in [-0.25, -0.2) is 26.6 Å². The van der Waals surface area contributed by atoms with E-state index < -0.39 is 49.4 Å². The fourth-order valence-electron chi connectivity index (χ4n) is 4.70. The molecule has 0 saturated heterocycles. The first-order valence-corrected chi connectivity index (χ1v) is 13.8. The van der Waals surface area contributed by atoms with Gasteiger partial charge >= 0.3 is 0 Å². The second kappa shape index (κ2) is 10.0. The van der Waals surface area contributed by atoms with Gasteiger partial charge in [0.1, 0.15) is 17.3 Å². The number of methoxy groups -OCH3 is 1. The molecule has 0 fully saturated rings. The molecule has 0 bridgehead atoms. The third-order valence-corrected chi connectivity index (χ3v) is 8.16. The number of pyridine rings is 1. The standard InChI is InChI=1S/C29H20F3N5O4S/c1-37-24-9-6-15(11-23(24)35-29(37)41-2)16-10-19-20(14-34-28(19)33-13-16)27(38)25-21(31)7-8-22(26(25)32)36-42(39,40)18-5-3-4-17(30)12-18/h3-14,36H,1-2H3,(H,33,34). The smallest absolute Gasteiger partial charge is 0.296 e. The average Bonchev–Trinajstić information content (AvgIpc) is 3.54. The highest BCUT2D eigenvalue weighted by atomic mass is 32.2. The quantitative estimate of drug-likeness (QED) is 0.234. The number of anilines is 1. The van der Waals surface area contributed by atoms with Gasteiger partial charge in [0, 0.05) is 36.0 Å². The molecule has 0 aliphatic carbocycles. The van der Waals surface area contributed by atoms with Crippen molar-refractivity contribution in [1.29, 1.82) is 0 Å². The number of hydrogen-bond acceptors (Lipinski definition) is 6. The summed E-state index contributed by atoms with van der Waals surface area (Å²) >= 11 is 0. The number of nitrogens with one attached hydrogen (secondary N) is 2. The number of fused-ring (bicyclic) bond motifs is 2. The monoisotopic (exact) mass is 591 g/mol. The zero-order valence-corrected chi connectivity index (χ0v) is 22.8. The van der Waals surface area contributed by atoms with E-state index in [4.69, 9.17) is 4.74 Å². The summed E-state index contributed by atoms with van der Waals surface area (Å²) in [5.41, 5.74) is 1.40. The molecule has 0 atom stereocenters. The number of ether oxygens (including phenoxy) is 1. The molecule has 212 valence electrons. The predicted octanol–water partition coefficient (Wildman–Crippen LogP) is 5.57. The van der Waals surface area contributed by atoms with E-state index in [1.807, 2.05) is 30.0 Å². The van der Waals surface area contributed by atoms with Gasteiger partial charge in [-0.2, -0.15) is 4.98 Å². The summed E-state index contributed by atoms with van der Waals surface area (Å²) in [7, 11) is -1.11. The first kappa shape index (κ1) is 27.0. The number of aryl methyl sites for hydroxylation is 1. The van der Waals surface area contributed by atoms with Crippen molar-refractivity contribution in [3.8, 4) is 17.1 Å². The topological polar surface area (TPSA) is 119 Å². The van der Waals surface area contributed by atoms with Gasteiger partial charge in [0.2, 0.25) is 5.78 Å². The summed E-state index contributed by atoms with van der Waals surface area (Å²) in [5, 5.41) is 0.292. The minimum absolute atomic E-state index is 0.0807. The molecule has 6 rings (SSSR count). The van der Waals surface area contributed by atoms with Gasteiger partial charge in [-0.15, -0.1) is 0 Å². The van der Waals surface area contributed by atoms with Crippen LogP contribution in [0, 0.1) is 17.5 Å². The Kier molecular flexibility index (Phi) is 6.45. The van der Waals surface area contributed by atoms with Gasteiger partial charge in [-0.3, -0.25) is 14.1 Å². The maximum Gasteiger partial charge on any atom is 0.296 e. The second-order valence-corrected chi connectivity index (χ2v) is 11.0. The lowest BCUT2D eigenvalue weighted by atomic mass is 9.99. The molecule has 42 heavy (non-hydrogen) atoms. The molecule has 0 unspecified atom stereocenters. The number of imidazole rings is 1. The summed E-state index contributed by atoms with van der Waals surface area (Å²) in [6.45, 7) is 0. The van der Waals surface area contributed by atoms with Crippen molar-refractivity contribution in [2.24, 2.45) is 7.05 Å². The molecule has 0 aliphatic heterocycles. The molecule has 0 radical (unpaired) electrons. The van der Waals surface area contributed by atoms with Crippen molar-refractivity contribution in [2.75, 3.05) is 11.8 Å². The van der Waals surface area contributed by atoms with Crippen molar-refractivity contribution in [2.45, 2.75) is 4.90 Å². The lowest BCUT2D eigenvalue weighted by Crippen LogP contribution is -2.16. The molecule has 0 saturated carbocycles. The number of nitrogens with zero attached hydrogens (tertiary/aromatic N) is 3. The molecule has 9 nitrogen and oxygen atoms in total. The van der Waals surface area contributed by atoms with Gasteiger partial charge in [-0.1, -0.05) is 12.1 Å². The third kappa shape index (κ3) is 4.53. The lowest BCUT2D eigenvalue weighted by Gasteiger charge is -2.12. The summed E-state index contributed by atoms with van der Waals surface area (Å²) < 4.78 is 78.5. The number of ketones is 1. The number of carbonyl (C=O) groups excluding carboxylic acids is 1. The molecule has 2 N–H and O–H groups in total. The molecular weight excluding hydrogens is 571 g/mol. The van der Waals surface area contributed by atoms with Crippen LogP contribution in [0.4, 0.5) is 18.9 Å².